The Morgan fingerprint density at radius 2 is 2.05 bits per heavy atom. The van der Waals surface area contributed by atoms with Crippen LogP contribution < -0.4 is 5.32 Å². The summed E-state index contributed by atoms with van der Waals surface area (Å²) in [4.78, 5) is 4.62. The molecule has 1 fully saturated rings. The summed E-state index contributed by atoms with van der Waals surface area (Å²) in [6.45, 7) is 16.1. The van der Waals surface area contributed by atoms with E-state index >= 15 is 0 Å². The highest BCUT2D eigenvalue weighted by Crippen LogP contribution is 2.43. The first-order valence-corrected chi connectivity index (χ1v) is 8.09. The van der Waals surface area contributed by atoms with E-state index in [4.69, 9.17) is 4.74 Å². The second-order valence-electron chi connectivity index (χ2n) is 7.02. The van der Waals surface area contributed by atoms with E-state index in [0.717, 1.165) is 24.4 Å². The van der Waals surface area contributed by atoms with Crippen molar-refractivity contribution < 1.29 is 4.74 Å². The van der Waals surface area contributed by atoms with Crippen LogP contribution in [0.5, 0.6) is 0 Å². The minimum atomic E-state index is 0.199. The van der Waals surface area contributed by atoms with Crippen LogP contribution in [0, 0.1) is 26.2 Å². The molecule has 3 heteroatoms. The number of hydrogen-bond acceptors (Lipinski definition) is 3. The molecule has 0 aromatic carbocycles. The lowest BCUT2D eigenvalue weighted by molar-refractivity contribution is -0.116. The molecule has 1 aromatic heterocycles. The van der Waals surface area contributed by atoms with Gasteiger partial charge in [-0.15, -0.1) is 0 Å². The number of nitrogens with one attached hydrogen (secondary N) is 1. The molecule has 0 amide bonds. The Bertz CT molecular complexity index is 487. The van der Waals surface area contributed by atoms with Gasteiger partial charge in [-0.2, -0.15) is 0 Å². The van der Waals surface area contributed by atoms with Gasteiger partial charge < -0.3 is 10.1 Å². The molecule has 1 aromatic rings. The molecule has 3 atom stereocenters. The number of hydrogen-bond donors (Lipinski definition) is 1. The van der Waals surface area contributed by atoms with Crippen molar-refractivity contribution in [3.63, 3.8) is 0 Å². The summed E-state index contributed by atoms with van der Waals surface area (Å²) in [7, 11) is 0. The zero-order valence-corrected chi connectivity index (χ0v) is 14.6. The fourth-order valence-corrected chi connectivity index (χ4v) is 3.73. The van der Waals surface area contributed by atoms with Crippen LogP contribution >= 0.6 is 0 Å². The maximum atomic E-state index is 5.82. The Labute approximate surface area is 129 Å². The van der Waals surface area contributed by atoms with Gasteiger partial charge in [0.1, 0.15) is 0 Å². The zero-order chi connectivity index (χ0) is 15.8. The fourth-order valence-electron chi connectivity index (χ4n) is 3.73. The van der Waals surface area contributed by atoms with E-state index in [1.54, 1.807) is 0 Å². The van der Waals surface area contributed by atoms with Gasteiger partial charge in [0.15, 0.2) is 0 Å². The van der Waals surface area contributed by atoms with Crippen molar-refractivity contribution in [2.24, 2.45) is 5.41 Å². The second-order valence-corrected chi connectivity index (χ2v) is 7.02. The number of rotatable bonds is 5. The second kappa shape index (κ2) is 6.05. The summed E-state index contributed by atoms with van der Waals surface area (Å²) in [5, 5.41) is 3.79. The number of aromatic nitrogens is 1. The van der Waals surface area contributed by atoms with Crippen molar-refractivity contribution in [3.05, 3.63) is 28.6 Å². The smallest absolute Gasteiger partial charge is 0.0655 e. The lowest BCUT2D eigenvalue weighted by atomic mass is 9.64. The van der Waals surface area contributed by atoms with Crippen LogP contribution in [0.15, 0.2) is 6.07 Å². The van der Waals surface area contributed by atoms with Crippen LogP contribution in [0.3, 0.4) is 0 Å². The fraction of sp³-hybridized carbons (Fsp3) is 0.722. The van der Waals surface area contributed by atoms with Crippen LogP contribution in [0.25, 0.3) is 0 Å². The quantitative estimate of drug-likeness (QED) is 0.894. The lowest BCUT2D eigenvalue weighted by Crippen LogP contribution is -2.61. The average Bonchev–Trinajstić information content (AvgIpc) is 2.36. The van der Waals surface area contributed by atoms with E-state index in [0.29, 0.717) is 18.2 Å². The minimum absolute atomic E-state index is 0.199. The molecule has 21 heavy (non-hydrogen) atoms. The van der Waals surface area contributed by atoms with Gasteiger partial charge in [0.2, 0.25) is 0 Å². The Kier molecular flexibility index (Phi) is 4.74. The third kappa shape index (κ3) is 3.14. The number of ether oxygens (including phenoxy) is 1. The van der Waals surface area contributed by atoms with Crippen molar-refractivity contribution in [3.8, 4) is 0 Å². The van der Waals surface area contributed by atoms with Crippen molar-refractivity contribution in [1.29, 1.82) is 0 Å². The van der Waals surface area contributed by atoms with Crippen LogP contribution in [0.1, 0.15) is 62.7 Å². The largest absolute Gasteiger partial charge is 0.378 e. The van der Waals surface area contributed by atoms with Gasteiger partial charge in [-0.25, -0.2) is 0 Å². The van der Waals surface area contributed by atoms with Crippen molar-refractivity contribution in [2.75, 3.05) is 6.61 Å². The molecule has 1 N–H and O–H groups in total. The topological polar surface area (TPSA) is 34.1 Å². The molecular weight excluding hydrogens is 260 g/mol. The van der Waals surface area contributed by atoms with Gasteiger partial charge in [-0.3, -0.25) is 4.98 Å². The Morgan fingerprint density at radius 1 is 1.38 bits per heavy atom. The normalized spacial score (nSPS) is 25.5. The molecule has 3 unspecified atom stereocenters. The summed E-state index contributed by atoms with van der Waals surface area (Å²) in [5.74, 6) is 0. The molecule has 3 nitrogen and oxygen atoms in total. The highest BCUT2D eigenvalue weighted by Gasteiger charge is 2.49. The zero-order valence-electron chi connectivity index (χ0n) is 14.6. The van der Waals surface area contributed by atoms with Gasteiger partial charge in [0.25, 0.3) is 0 Å². The monoisotopic (exact) mass is 290 g/mol. The number of aryl methyl sites for hydroxylation is 3. The SMILES string of the molecule is CCOC1CC(NC(C)c2c(C)cc(C)nc2C)C1(C)C. The van der Waals surface area contributed by atoms with Crippen LogP contribution in [0.2, 0.25) is 0 Å². The molecule has 1 aliphatic carbocycles. The van der Waals surface area contributed by atoms with Crippen molar-refractivity contribution >= 4 is 0 Å². The predicted octanol–water partition coefficient (Wildman–Crippen LogP) is 3.86. The standard InChI is InChI=1S/C18H30N2O/c1-8-21-16-10-15(18(16,6)7)20-14(5)17-11(2)9-12(3)19-13(17)4/h9,14-16,20H,8,10H2,1-7H3. The molecule has 0 saturated heterocycles. The van der Waals surface area contributed by atoms with E-state index in [2.05, 4.69) is 64.8 Å². The number of pyridine rings is 1. The highest BCUT2D eigenvalue weighted by atomic mass is 16.5. The van der Waals surface area contributed by atoms with Gasteiger partial charge in [0.05, 0.1) is 6.10 Å². The molecule has 1 saturated carbocycles. The molecule has 1 heterocycles. The first kappa shape index (κ1) is 16.4. The van der Waals surface area contributed by atoms with Crippen molar-refractivity contribution in [2.45, 2.75) is 73.1 Å². The first-order chi connectivity index (χ1) is 9.77. The van der Waals surface area contributed by atoms with Crippen molar-refractivity contribution in [1.82, 2.24) is 10.3 Å². The Balaban J connectivity index is 2.08. The van der Waals surface area contributed by atoms with E-state index in [-0.39, 0.29) is 5.41 Å². The molecule has 0 aliphatic heterocycles. The third-order valence-electron chi connectivity index (χ3n) is 5.01. The molecule has 2 rings (SSSR count). The van der Waals surface area contributed by atoms with Gasteiger partial charge in [-0.1, -0.05) is 13.8 Å². The lowest BCUT2D eigenvalue weighted by Gasteiger charge is -2.52. The summed E-state index contributed by atoms with van der Waals surface area (Å²) < 4.78 is 5.82. The van der Waals surface area contributed by atoms with Gasteiger partial charge in [0, 0.05) is 35.5 Å². The van der Waals surface area contributed by atoms with Crippen LogP contribution in [-0.4, -0.2) is 23.7 Å². The molecule has 0 radical (unpaired) electrons. The molecule has 0 bridgehead atoms. The van der Waals surface area contributed by atoms with Gasteiger partial charge in [-0.05, 0) is 58.2 Å². The highest BCUT2D eigenvalue weighted by molar-refractivity contribution is 5.33. The van der Waals surface area contributed by atoms with Gasteiger partial charge >= 0.3 is 0 Å². The van der Waals surface area contributed by atoms with Crippen LogP contribution in [-0.2, 0) is 4.74 Å². The minimum Gasteiger partial charge on any atom is -0.378 e. The average molecular weight is 290 g/mol. The van der Waals surface area contributed by atoms with E-state index in [1.165, 1.54) is 11.1 Å². The summed E-state index contributed by atoms with van der Waals surface area (Å²) in [6.07, 6.45) is 1.48. The van der Waals surface area contributed by atoms with Crippen LogP contribution in [0.4, 0.5) is 0 Å². The first-order valence-electron chi connectivity index (χ1n) is 8.09. The summed E-state index contributed by atoms with van der Waals surface area (Å²) in [5.41, 5.74) is 5.12. The third-order valence-corrected chi connectivity index (χ3v) is 5.01. The Morgan fingerprint density at radius 3 is 2.57 bits per heavy atom. The Hall–Kier alpha value is -0.930. The number of nitrogens with zero attached hydrogens (tertiary/aromatic N) is 1. The maximum Gasteiger partial charge on any atom is 0.0655 e. The van der Waals surface area contributed by atoms with E-state index in [1.807, 2.05) is 0 Å². The molecule has 0 spiro atoms. The molecule has 1 aliphatic rings. The summed E-state index contributed by atoms with van der Waals surface area (Å²) >= 11 is 0. The molecule has 118 valence electrons. The summed E-state index contributed by atoms with van der Waals surface area (Å²) in [6, 6.07) is 3.00. The maximum absolute atomic E-state index is 5.82. The predicted molar refractivity (Wildman–Crippen MR) is 87.6 cm³/mol. The van der Waals surface area contributed by atoms with E-state index in [9.17, 15) is 0 Å². The van der Waals surface area contributed by atoms with E-state index < -0.39 is 0 Å². The molecular formula is C18H30N2O.